The molecule has 0 amide bonds. The van der Waals surface area contributed by atoms with Crippen molar-refractivity contribution in [1.29, 1.82) is 0 Å². The molecule has 0 aliphatic rings. The van der Waals surface area contributed by atoms with Gasteiger partial charge in [0.05, 0.1) is 10.9 Å². The van der Waals surface area contributed by atoms with Crippen molar-refractivity contribution in [2.24, 2.45) is 0 Å². The number of carbonyl (C=O) groups is 1. The molecule has 0 aliphatic carbocycles. The van der Waals surface area contributed by atoms with E-state index in [4.69, 9.17) is 5.11 Å². The van der Waals surface area contributed by atoms with E-state index in [9.17, 15) is 9.18 Å². The van der Waals surface area contributed by atoms with Crippen molar-refractivity contribution in [3.05, 3.63) is 30.0 Å². The predicted octanol–water partition coefficient (Wildman–Crippen LogP) is 1.40. The molecule has 2 rings (SSSR count). The van der Waals surface area contributed by atoms with Crippen molar-refractivity contribution in [1.82, 2.24) is 9.97 Å². The molecule has 0 fully saturated rings. The lowest BCUT2D eigenvalue weighted by Gasteiger charge is -1.92. The maximum Gasteiger partial charge on any atom is 0.354 e. The van der Waals surface area contributed by atoms with Crippen LogP contribution >= 0.6 is 0 Å². The zero-order chi connectivity index (χ0) is 9.42. The minimum Gasteiger partial charge on any atom is -0.477 e. The average Bonchev–Trinajstić information content (AvgIpc) is 2.47. The highest BCUT2D eigenvalue weighted by atomic mass is 19.1. The summed E-state index contributed by atoms with van der Waals surface area (Å²) >= 11 is 0. The van der Waals surface area contributed by atoms with Crippen LogP contribution < -0.4 is 0 Å². The first-order valence-electron chi connectivity index (χ1n) is 3.54. The number of nitrogens with zero attached hydrogens (tertiary/aromatic N) is 1. The first kappa shape index (κ1) is 7.72. The van der Waals surface area contributed by atoms with Crippen LogP contribution in [0.2, 0.25) is 0 Å². The fourth-order valence-electron chi connectivity index (χ4n) is 1.10. The largest absolute Gasteiger partial charge is 0.477 e. The van der Waals surface area contributed by atoms with E-state index in [2.05, 4.69) is 9.97 Å². The van der Waals surface area contributed by atoms with Crippen LogP contribution in [0.1, 0.15) is 10.5 Å². The molecule has 66 valence electrons. The zero-order valence-electron chi connectivity index (χ0n) is 6.41. The van der Waals surface area contributed by atoms with Gasteiger partial charge in [-0.3, -0.25) is 0 Å². The standard InChI is InChI=1S/C8H5FN2O2/c9-5-3-11-6-1-7(8(12)13)10-2-4(5)6/h1-3,11H,(H,12,13). The van der Waals surface area contributed by atoms with Crippen LogP contribution in [0.25, 0.3) is 10.9 Å². The Labute approximate surface area is 72.0 Å². The lowest BCUT2D eigenvalue weighted by atomic mass is 10.3. The van der Waals surface area contributed by atoms with Crippen LogP contribution in [0.4, 0.5) is 4.39 Å². The fourth-order valence-corrected chi connectivity index (χ4v) is 1.10. The summed E-state index contributed by atoms with van der Waals surface area (Å²) in [6, 6.07) is 1.29. The lowest BCUT2D eigenvalue weighted by Crippen LogP contribution is -1.98. The SMILES string of the molecule is O=C(O)c1cc2[nH]cc(F)c2cn1. The number of aromatic amines is 1. The number of fused-ring (bicyclic) bond motifs is 1. The summed E-state index contributed by atoms with van der Waals surface area (Å²) in [5, 5.41) is 8.88. The third-order valence-corrected chi connectivity index (χ3v) is 1.73. The van der Waals surface area contributed by atoms with E-state index in [1.807, 2.05) is 0 Å². The maximum atomic E-state index is 12.9. The Hall–Kier alpha value is -1.91. The third-order valence-electron chi connectivity index (χ3n) is 1.73. The zero-order valence-corrected chi connectivity index (χ0v) is 6.41. The van der Waals surface area contributed by atoms with Crippen molar-refractivity contribution in [3.63, 3.8) is 0 Å². The molecule has 2 N–H and O–H groups in total. The molecule has 0 radical (unpaired) electrons. The van der Waals surface area contributed by atoms with Gasteiger partial charge in [-0.05, 0) is 6.07 Å². The number of pyridine rings is 1. The van der Waals surface area contributed by atoms with E-state index in [1.165, 1.54) is 12.3 Å². The lowest BCUT2D eigenvalue weighted by molar-refractivity contribution is 0.0690. The van der Waals surface area contributed by atoms with Crippen molar-refractivity contribution in [3.8, 4) is 0 Å². The first-order chi connectivity index (χ1) is 6.18. The highest BCUT2D eigenvalue weighted by Crippen LogP contribution is 2.15. The normalized spacial score (nSPS) is 10.5. The van der Waals surface area contributed by atoms with E-state index < -0.39 is 11.8 Å². The van der Waals surface area contributed by atoms with Gasteiger partial charge in [0.2, 0.25) is 0 Å². The van der Waals surface area contributed by atoms with Crippen LogP contribution in [0.15, 0.2) is 18.5 Å². The first-order valence-corrected chi connectivity index (χ1v) is 3.54. The highest BCUT2D eigenvalue weighted by molar-refractivity contribution is 5.90. The maximum absolute atomic E-state index is 12.9. The fraction of sp³-hybridized carbons (Fsp3) is 0. The summed E-state index contributed by atoms with van der Waals surface area (Å²) in [6.07, 6.45) is 2.36. The molecule has 0 atom stereocenters. The second-order valence-corrected chi connectivity index (χ2v) is 2.56. The molecule has 0 aromatic carbocycles. The van der Waals surface area contributed by atoms with Gasteiger partial charge in [0, 0.05) is 12.4 Å². The Morgan fingerprint density at radius 3 is 3.08 bits per heavy atom. The quantitative estimate of drug-likeness (QED) is 0.697. The number of nitrogens with one attached hydrogen (secondary N) is 1. The second kappa shape index (κ2) is 2.55. The minimum absolute atomic E-state index is 0.102. The topological polar surface area (TPSA) is 66.0 Å². The van der Waals surface area contributed by atoms with Crippen molar-refractivity contribution in [2.75, 3.05) is 0 Å². The number of aromatic nitrogens is 2. The Morgan fingerprint density at radius 1 is 1.62 bits per heavy atom. The molecular formula is C8H5FN2O2. The summed E-state index contributed by atoms with van der Waals surface area (Å²) in [4.78, 5) is 16.7. The van der Waals surface area contributed by atoms with E-state index in [-0.39, 0.29) is 5.69 Å². The van der Waals surface area contributed by atoms with Gasteiger partial charge in [0.15, 0.2) is 0 Å². The Balaban J connectivity index is 2.70. The molecule has 2 aromatic heterocycles. The molecule has 2 aromatic rings. The van der Waals surface area contributed by atoms with Crippen molar-refractivity contribution >= 4 is 16.9 Å². The molecular weight excluding hydrogens is 175 g/mol. The summed E-state index contributed by atoms with van der Waals surface area (Å²) < 4.78 is 12.9. The van der Waals surface area contributed by atoms with Gasteiger partial charge < -0.3 is 10.1 Å². The van der Waals surface area contributed by atoms with Gasteiger partial charge in [-0.1, -0.05) is 0 Å². The Kier molecular flexibility index (Phi) is 1.51. The van der Waals surface area contributed by atoms with Gasteiger partial charge in [-0.2, -0.15) is 0 Å². The van der Waals surface area contributed by atoms with Crippen LogP contribution in [-0.2, 0) is 0 Å². The molecule has 0 aliphatic heterocycles. The van der Waals surface area contributed by atoms with Crippen LogP contribution in [0, 0.1) is 5.82 Å². The third kappa shape index (κ3) is 1.14. The molecule has 0 bridgehead atoms. The Morgan fingerprint density at radius 2 is 2.38 bits per heavy atom. The summed E-state index contributed by atoms with van der Waals surface area (Å²) in [5.41, 5.74) is 0.333. The molecule has 4 nitrogen and oxygen atoms in total. The van der Waals surface area contributed by atoms with E-state index in [0.29, 0.717) is 10.9 Å². The number of H-pyrrole nitrogens is 1. The number of aromatic carboxylic acids is 1. The van der Waals surface area contributed by atoms with E-state index in [1.54, 1.807) is 0 Å². The number of hydrogen-bond acceptors (Lipinski definition) is 2. The summed E-state index contributed by atoms with van der Waals surface area (Å²) in [6.45, 7) is 0. The van der Waals surface area contributed by atoms with Gasteiger partial charge in [0.1, 0.15) is 11.5 Å². The number of halogens is 1. The van der Waals surface area contributed by atoms with E-state index >= 15 is 0 Å². The van der Waals surface area contributed by atoms with Crippen LogP contribution in [-0.4, -0.2) is 21.0 Å². The number of hydrogen-bond donors (Lipinski definition) is 2. The van der Waals surface area contributed by atoms with Crippen LogP contribution in [0.3, 0.4) is 0 Å². The predicted molar refractivity (Wildman–Crippen MR) is 43.0 cm³/mol. The molecule has 2 heterocycles. The van der Waals surface area contributed by atoms with Crippen molar-refractivity contribution in [2.45, 2.75) is 0 Å². The number of rotatable bonds is 1. The molecule has 0 saturated heterocycles. The van der Waals surface area contributed by atoms with Gasteiger partial charge in [0.25, 0.3) is 0 Å². The van der Waals surface area contributed by atoms with Gasteiger partial charge in [-0.15, -0.1) is 0 Å². The Bertz CT molecular complexity index is 478. The molecule has 13 heavy (non-hydrogen) atoms. The van der Waals surface area contributed by atoms with Gasteiger partial charge in [-0.25, -0.2) is 14.2 Å². The van der Waals surface area contributed by atoms with Crippen molar-refractivity contribution < 1.29 is 14.3 Å². The summed E-state index contributed by atoms with van der Waals surface area (Å²) in [5.74, 6) is -1.56. The minimum atomic E-state index is -1.13. The summed E-state index contributed by atoms with van der Waals surface area (Å²) in [7, 11) is 0. The monoisotopic (exact) mass is 180 g/mol. The number of carboxylic acids is 1. The molecule has 5 heteroatoms. The molecule has 0 unspecified atom stereocenters. The highest BCUT2D eigenvalue weighted by Gasteiger charge is 2.08. The van der Waals surface area contributed by atoms with Gasteiger partial charge >= 0.3 is 5.97 Å². The van der Waals surface area contributed by atoms with Crippen LogP contribution in [0.5, 0.6) is 0 Å². The van der Waals surface area contributed by atoms with E-state index in [0.717, 1.165) is 6.20 Å². The average molecular weight is 180 g/mol. The molecule has 0 spiro atoms. The number of carboxylic acid groups (broad SMARTS) is 1. The smallest absolute Gasteiger partial charge is 0.354 e. The molecule has 0 saturated carbocycles. The second-order valence-electron chi connectivity index (χ2n) is 2.56.